The quantitative estimate of drug-likeness (QED) is 0.746. The lowest BCUT2D eigenvalue weighted by Gasteiger charge is -2.32. The van der Waals surface area contributed by atoms with Gasteiger partial charge in [0.1, 0.15) is 0 Å². The molecule has 0 radical (unpaired) electrons. The van der Waals surface area contributed by atoms with Crippen molar-refractivity contribution in [2.45, 2.75) is 38.8 Å². The van der Waals surface area contributed by atoms with E-state index in [9.17, 15) is 9.59 Å². The first-order valence-corrected chi connectivity index (χ1v) is 11.4. The van der Waals surface area contributed by atoms with E-state index in [4.69, 9.17) is 0 Å². The molecule has 164 valence electrons. The van der Waals surface area contributed by atoms with Crippen molar-refractivity contribution in [1.82, 2.24) is 15.1 Å². The normalized spacial score (nSPS) is 19.2. The molecule has 2 fully saturated rings. The lowest BCUT2D eigenvalue weighted by molar-refractivity contribution is -0.126. The zero-order valence-corrected chi connectivity index (χ0v) is 18.1. The molecule has 0 aliphatic carbocycles. The van der Waals surface area contributed by atoms with Gasteiger partial charge >= 0.3 is 6.03 Å². The third kappa shape index (κ3) is 5.85. The maximum Gasteiger partial charge on any atom is 0.321 e. The molecule has 2 saturated heterocycles. The smallest absolute Gasteiger partial charge is 0.321 e. The first kappa shape index (κ1) is 21.4. The summed E-state index contributed by atoms with van der Waals surface area (Å²) < 4.78 is 0. The summed E-state index contributed by atoms with van der Waals surface area (Å²) in [6.07, 6.45) is 4.20. The second-order valence-corrected chi connectivity index (χ2v) is 8.55. The molecule has 2 aromatic rings. The number of likely N-dealkylation sites (tertiary alicyclic amines) is 2. The summed E-state index contributed by atoms with van der Waals surface area (Å²) in [4.78, 5) is 29.7. The molecule has 2 aromatic carbocycles. The van der Waals surface area contributed by atoms with Crippen LogP contribution in [0.4, 0.5) is 10.5 Å². The molecule has 0 spiro atoms. The summed E-state index contributed by atoms with van der Waals surface area (Å²) >= 11 is 0. The molecule has 2 N–H and O–H groups in total. The van der Waals surface area contributed by atoms with Crippen molar-refractivity contribution in [3.63, 3.8) is 0 Å². The average Bonchev–Trinajstić information content (AvgIpc) is 3.32. The van der Waals surface area contributed by atoms with Crippen LogP contribution in [0, 0.1) is 5.92 Å². The average molecular weight is 421 g/mol. The van der Waals surface area contributed by atoms with E-state index in [0.29, 0.717) is 19.6 Å². The van der Waals surface area contributed by atoms with E-state index in [-0.39, 0.29) is 17.9 Å². The van der Waals surface area contributed by atoms with E-state index in [0.717, 1.165) is 38.2 Å². The molecule has 3 amide bonds. The van der Waals surface area contributed by atoms with Crippen molar-refractivity contribution in [3.8, 4) is 0 Å². The van der Waals surface area contributed by atoms with Gasteiger partial charge < -0.3 is 15.5 Å². The fourth-order valence-electron chi connectivity index (χ4n) is 4.49. The number of amides is 3. The van der Waals surface area contributed by atoms with Gasteiger partial charge in [0.2, 0.25) is 5.91 Å². The van der Waals surface area contributed by atoms with Crippen molar-refractivity contribution in [2.24, 2.45) is 5.92 Å². The van der Waals surface area contributed by atoms with Crippen LogP contribution in [-0.4, -0.2) is 47.9 Å². The number of piperidine rings is 1. The number of nitrogens with zero attached hydrogens (tertiary/aromatic N) is 2. The monoisotopic (exact) mass is 420 g/mol. The molecule has 6 nitrogen and oxygen atoms in total. The van der Waals surface area contributed by atoms with Crippen molar-refractivity contribution in [3.05, 3.63) is 65.7 Å². The fraction of sp³-hybridized carbons (Fsp3) is 0.440. The number of urea groups is 1. The number of carbonyl (C=O) groups is 2. The van der Waals surface area contributed by atoms with Crippen molar-refractivity contribution < 1.29 is 9.59 Å². The number of hydrogen-bond acceptors (Lipinski definition) is 3. The molecule has 6 heteroatoms. The van der Waals surface area contributed by atoms with E-state index in [1.54, 1.807) is 4.90 Å². The van der Waals surface area contributed by atoms with Crippen LogP contribution in [0.15, 0.2) is 54.6 Å². The van der Waals surface area contributed by atoms with E-state index in [1.165, 1.54) is 24.0 Å². The maximum atomic E-state index is 12.9. The number of carbonyl (C=O) groups excluding carboxylic acids is 2. The molecule has 4 rings (SSSR count). The highest BCUT2D eigenvalue weighted by Gasteiger charge is 2.28. The zero-order valence-electron chi connectivity index (χ0n) is 18.1. The van der Waals surface area contributed by atoms with Crippen LogP contribution in [0.3, 0.4) is 0 Å². The van der Waals surface area contributed by atoms with E-state index in [1.807, 2.05) is 36.4 Å². The summed E-state index contributed by atoms with van der Waals surface area (Å²) in [5.74, 6) is -0.130. The minimum absolute atomic E-state index is 0.0354. The van der Waals surface area contributed by atoms with Gasteiger partial charge in [-0.05, 0) is 62.0 Å². The Hall–Kier alpha value is -2.86. The Bertz CT molecular complexity index is 880. The van der Waals surface area contributed by atoms with Gasteiger partial charge in [-0.25, -0.2) is 4.79 Å². The SMILES string of the molecule is O=C(NCc1ccccc1CN1CCCC1)C1CCCN(C(=O)Nc2ccccc2)C1. The summed E-state index contributed by atoms with van der Waals surface area (Å²) in [6, 6.07) is 17.7. The van der Waals surface area contributed by atoms with E-state index in [2.05, 4.69) is 33.7 Å². The molecule has 1 unspecified atom stereocenters. The van der Waals surface area contributed by atoms with Crippen LogP contribution in [0.1, 0.15) is 36.8 Å². The topological polar surface area (TPSA) is 64.7 Å². The largest absolute Gasteiger partial charge is 0.352 e. The van der Waals surface area contributed by atoms with Crippen LogP contribution in [0.2, 0.25) is 0 Å². The molecular weight excluding hydrogens is 388 g/mol. The first-order chi connectivity index (χ1) is 15.2. The summed E-state index contributed by atoms with van der Waals surface area (Å²) in [7, 11) is 0. The molecule has 31 heavy (non-hydrogen) atoms. The third-order valence-corrected chi connectivity index (χ3v) is 6.27. The van der Waals surface area contributed by atoms with Gasteiger partial charge in [0.15, 0.2) is 0 Å². The maximum absolute atomic E-state index is 12.9. The molecule has 1 atom stereocenters. The Morgan fingerprint density at radius 2 is 1.58 bits per heavy atom. The predicted molar refractivity (Wildman–Crippen MR) is 123 cm³/mol. The second-order valence-electron chi connectivity index (χ2n) is 8.55. The zero-order chi connectivity index (χ0) is 21.5. The number of nitrogens with one attached hydrogen (secondary N) is 2. The number of anilines is 1. The van der Waals surface area contributed by atoms with Crippen molar-refractivity contribution in [1.29, 1.82) is 0 Å². The lowest BCUT2D eigenvalue weighted by atomic mass is 9.97. The van der Waals surface area contributed by atoms with Gasteiger partial charge in [0, 0.05) is 31.9 Å². The molecule has 0 bridgehead atoms. The van der Waals surface area contributed by atoms with Gasteiger partial charge in [0.25, 0.3) is 0 Å². The molecular formula is C25H32N4O2. The number of benzene rings is 2. The number of para-hydroxylation sites is 1. The summed E-state index contributed by atoms with van der Waals surface area (Å²) in [5.41, 5.74) is 3.24. The van der Waals surface area contributed by atoms with E-state index < -0.39 is 0 Å². The van der Waals surface area contributed by atoms with E-state index >= 15 is 0 Å². The minimum Gasteiger partial charge on any atom is -0.352 e. The Morgan fingerprint density at radius 1 is 0.871 bits per heavy atom. The Morgan fingerprint density at radius 3 is 2.35 bits per heavy atom. The van der Waals surface area contributed by atoms with Crippen LogP contribution >= 0.6 is 0 Å². The molecule has 2 aliphatic heterocycles. The first-order valence-electron chi connectivity index (χ1n) is 11.4. The highest BCUT2D eigenvalue weighted by Crippen LogP contribution is 2.20. The minimum atomic E-state index is -0.166. The van der Waals surface area contributed by atoms with Gasteiger partial charge in [0.05, 0.1) is 5.92 Å². The second kappa shape index (κ2) is 10.4. The summed E-state index contributed by atoms with van der Waals surface area (Å²) in [6.45, 7) is 4.94. The van der Waals surface area contributed by atoms with Gasteiger partial charge in [-0.15, -0.1) is 0 Å². The molecule has 0 saturated carbocycles. The predicted octanol–water partition coefficient (Wildman–Crippen LogP) is 3.84. The summed E-state index contributed by atoms with van der Waals surface area (Å²) in [5, 5.41) is 6.05. The van der Waals surface area contributed by atoms with Crippen LogP contribution in [0.25, 0.3) is 0 Å². The van der Waals surface area contributed by atoms with Gasteiger partial charge in [-0.2, -0.15) is 0 Å². The third-order valence-electron chi connectivity index (χ3n) is 6.27. The van der Waals surface area contributed by atoms with Crippen LogP contribution in [-0.2, 0) is 17.9 Å². The number of hydrogen-bond donors (Lipinski definition) is 2. The van der Waals surface area contributed by atoms with Crippen molar-refractivity contribution >= 4 is 17.6 Å². The molecule has 2 aliphatic rings. The van der Waals surface area contributed by atoms with Gasteiger partial charge in [-0.1, -0.05) is 42.5 Å². The Balaban J connectivity index is 1.30. The molecule has 0 aromatic heterocycles. The Kier molecular flexibility index (Phi) is 7.20. The molecule has 2 heterocycles. The van der Waals surface area contributed by atoms with Crippen molar-refractivity contribution in [2.75, 3.05) is 31.5 Å². The van der Waals surface area contributed by atoms with Crippen LogP contribution < -0.4 is 10.6 Å². The number of rotatable bonds is 6. The highest BCUT2D eigenvalue weighted by molar-refractivity contribution is 5.90. The lowest BCUT2D eigenvalue weighted by Crippen LogP contribution is -2.46. The van der Waals surface area contributed by atoms with Gasteiger partial charge in [-0.3, -0.25) is 9.69 Å². The Labute approximate surface area is 184 Å². The van der Waals surface area contributed by atoms with Crippen LogP contribution in [0.5, 0.6) is 0 Å². The highest BCUT2D eigenvalue weighted by atomic mass is 16.2. The standard InChI is InChI=1S/C25H32N4O2/c30-24(26-17-20-9-4-5-10-21(20)18-28-14-6-7-15-28)22-11-8-16-29(19-22)25(31)27-23-12-2-1-3-13-23/h1-5,9-10,12-13,22H,6-8,11,14-19H2,(H,26,30)(H,27,31). The fourth-order valence-corrected chi connectivity index (χ4v) is 4.49.